The van der Waals surface area contributed by atoms with Crippen LogP contribution in [0.15, 0.2) is 35.2 Å². The maximum absolute atomic E-state index is 12.5. The summed E-state index contributed by atoms with van der Waals surface area (Å²) in [4.78, 5) is 12.8. The van der Waals surface area contributed by atoms with E-state index >= 15 is 0 Å². The summed E-state index contributed by atoms with van der Waals surface area (Å²) in [6, 6.07) is 9.52. The normalized spacial score (nSPS) is 16.8. The molecule has 220 valence electrons. The van der Waals surface area contributed by atoms with Crippen molar-refractivity contribution in [1.82, 2.24) is 9.97 Å². The fourth-order valence-corrected chi connectivity index (χ4v) is 6.80. The molecule has 1 aliphatic heterocycles. The van der Waals surface area contributed by atoms with Crippen molar-refractivity contribution in [3.05, 3.63) is 58.5 Å². The maximum atomic E-state index is 12.5. The largest absolute Gasteiger partial charge is 0.495 e. The van der Waals surface area contributed by atoms with Crippen LogP contribution in [0.2, 0.25) is 0 Å². The first-order valence-corrected chi connectivity index (χ1v) is 16.1. The van der Waals surface area contributed by atoms with E-state index < -0.39 is 9.84 Å². The first-order chi connectivity index (χ1) is 19.1. The zero-order chi connectivity index (χ0) is 29.7. The number of fused-ring (bicyclic) bond motifs is 2. The number of quaternary nitrogens is 1. The van der Waals surface area contributed by atoms with E-state index in [-0.39, 0.29) is 10.3 Å². The highest BCUT2D eigenvalue weighted by molar-refractivity contribution is 7.90. The number of methoxy groups -OCH3 is 1. The SMILES string of the molecule is COc1ccc(-c2cc(C)c3c(c2)CN(c2nc(C[N+](C)(C)C)nc4c2CC(C)(C)CC4)CCO3)cc1S(C)(=O)=O. The van der Waals surface area contributed by atoms with Crippen LogP contribution in [0.25, 0.3) is 11.1 Å². The lowest BCUT2D eigenvalue weighted by atomic mass is 9.76. The molecule has 3 aromatic rings. The van der Waals surface area contributed by atoms with Gasteiger partial charge < -0.3 is 18.9 Å². The van der Waals surface area contributed by atoms with Crippen LogP contribution in [0.3, 0.4) is 0 Å². The first-order valence-electron chi connectivity index (χ1n) is 14.2. The van der Waals surface area contributed by atoms with Crippen LogP contribution in [0, 0.1) is 12.3 Å². The quantitative estimate of drug-likeness (QED) is 0.381. The predicted molar refractivity (Wildman–Crippen MR) is 162 cm³/mol. The minimum atomic E-state index is -3.46. The van der Waals surface area contributed by atoms with Gasteiger partial charge in [0.25, 0.3) is 0 Å². The maximum Gasteiger partial charge on any atom is 0.185 e. The number of aromatic nitrogens is 2. The van der Waals surface area contributed by atoms with E-state index in [0.717, 1.165) is 76.5 Å². The van der Waals surface area contributed by atoms with Gasteiger partial charge in [0.2, 0.25) is 0 Å². The van der Waals surface area contributed by atoms with Crippen LogP contribution >= 0.6 is 0 Å². The molecule has 41 heavy (non-hydrogen) atoms. The highest BCUT2D eigenvalue weighted by atomic mass is 32.2. The number of anilines is 1. The van der Waals surface area contributed by atoms with Crippen LogP contribution in [0.1, 0.15) is 48.5 Å². The minimum absolute atomic E-state index is 0.183. The molecule has 0 saturated heterocycles. The lowest BCUT2D eigenvalue weighted by Crippen LogP contribution is -2.36. The predicted octanol–water partition coefficient (Wildman–Crippen LogP) is 4.98. The van der Waals surface area contributed by atoms with Gasteiger partial charge in [-0.3, -0.25) is 0 Å². The Labute approximate surface area is 244 Å². The summed E-state index contributed by atoms with van der Waals surface area (Å²) < 4.78 is 37.4. The molecule has 9 heteroatoms. The van der Waals surface area contributed by atoms with Crippen molar-refractivity contribution >= 4 is 15.7 Å². The van der Waals surface area contributed by atoms with Crippen molar-refractivity contribution in [3.8, 4) is 22.6 Å². The third kappa shape index (κ3) is 6.36. The molecular formula is C32H43N4O4S+. The fourth-order valence-electron chi connectivity index (χ4n) is 5.94. The number of rotatable bonds is 6. The smallest absolute Gasteiger partial charge is 0.185 e. The summed E-state index contributed by atoms with van der Waals surface area (Å²) in [6.45, 7) is 9.39. The zero-order valence-corrected chi connectivity index (χ0v) is 26.5. The average molecular weight is 580 g/mol. The molecule has 1 aliphatic carbocycles. The molecule has 2 aromatic carbocycles. The Balaban J connectivity index is 1.59. The molecule has 1 aromatic heterocycles. The van der Waals surface area contributed by atoms with E-state index in [0.29, 0.717) is 18.9 Å². The minimum Gasteiger partial charge on any atom is -0.495 e. The first kappa shape index (κ1) is 29.3. The summed E-state index contributed by atoms with van der Waals surface area (Å²) >= 11 is 0. The molecule has 0 unspecified atom stereocenters. The molecule has 0 fully saturated rings. The molecular weight excluding hydrogens is 536 g/mol. The second kappa shape index (κ2) is 10.6. The van der Waals surface area contributed by atoms with Crippen molar-refractivity contribution < 1.29 is 22.4 Å². The highest BCUT2D eigenvalue weighted by Gasteiger charge is 2.32. The fraction of sp³-hybridized carbons (Fsp3) is 0.500. The number of hydrogen-bond acceptors (Lipinski definition) is 7. The van der Waals surface area contributed by atoms with Gasteiger partial charge in [-0.2, -0.15) is 0 Å². The standard InChI is InChI=1S/C32H43N4O4S/c1-21-15-23(22-9-10-27(39-7)28(17-22)41(8,37)38)16-24-19-35(13-14-40-30(21)24)31-25-18-32(2,3)12-11-26(25)33-29(34-31)20-36(4,5)6/h9-10,15-17H,11-14,18-20H2,1-8H3/q+1. The summed E-state index contributed by atoms with van der Waals surface area (Å²) in [5, 5.41) is 0. The molecule has 0 amide bonds. The van der Waals surface area contributed by atoms with Crippen molar-refractivity contribution in [2.45, 2.75) is 58.0 Å². The Morgan fingerprint density at radius 1 is 1.10 bits per heavy atom. The van der Waals surface area contributed by atoms with Crippen LogP contribution < -0.4 is 14.4 Å². The summed E-state index contributed by atoms with van der Waals surface area (Å²) in [6.07, 6.45) is 4.24. The molecule has 2 aliphatic rings. The average Bonchev–Trinajstić information content (AvgIpc) is 3.09. The van der Waals surface area contributed by atoms with Gasteiger partial charge in [-0.1, -0.05) is 19.9 Å². The van der Waals surface area contributed by atoms with Crippen molar-refractivity contribution in [3.63, 3.8) is 0 Å². The second-order valence-electron chi connectivity index (χ2n) is 13.4. The third-order valence-corrected chi connectivity index (χ3v) is 9.06. The van der Waals surface area contributed by atoms with Crippen LogP contribution in [0.4, 0.5) is 5.82 Å². The monoisotopic (exact) mass is 579 g/mol. The van der Waals surface area contributed by atoms with Crippen molar-refractivity contribution in [1.29, 1.82) is 0 Å². The summed E-state index contributed by atoms with van der Waals surface area (Å²) in [5.41, 5.74) is 6.48. The van der Waals surface area contributed by atoms with Crippen LogP contribution in [0.5, 0.6) is 11.5 Å². The van der Waals surface area contributed by atoms with Gasteiger partial charge in [0.05, 0.1) is 34.8 Å². The van der Waals surface area contributed by atoms with Gasteiger partial charge in [0.15, 0.2) is 15.7 Å². The Morgan fingerprint density at radius 2 is 1.85 bits per heavy atom. The molecule has 0 spiro atoms. The number of ether oxygens (including phenoxy) is 2. The number of nitrogens with zero attached hydrogens (tertiary/aromatic N) is 4. The molecule has 2 heterocycles. The second-order valence-corrected chi connectivity index (χ2v) is 15.4. The number of sulfone groups is 1. The van der Waals surface area contributed by atoms with Gasteiger partial charge in [-0.15, -0.1) is 0 Å². The Morgan fingerprint density at radius 3 is 2.54 bits per heavy atom. The number of aryl methyl sites for hydroxylation is 2. The molecule has 8 nitrogen and oxygen atoms in total. The Bertz CT molecular complexity index is 1590. The van der Waals surface area contributed by atoms with Crippen LogP contribution in [-0.4, -0.2) is 70.5 Å². The topological polar surface area (TPSA) is 81.6 Å². The van der Waals surface area contributed by atoms with Gasteiger partial charge in [-0.25, -0.2) is 18.4 Å². The van der Waals surface area contributed by atoms with Crippen molar-refractivity contribution in [2.75, 3.05) is 52.6 Å². The zero-order valence-electron chi connectivity index (χ0n) is 25.7. The number of hydrogen-bond donors (Lipinski definition) is 0. The molecule has 0 radical (unpaired) electrons. The van der Waals surface area contributed by atoms with E-state index in [1.807, 2.05) is 13.0 Å². The molecule has 0 saturated carbocycles. The Hall–Kier alpha value is -3.17. The molecule has 0 atom stereocenters. The summed E-state index contributed by atoms with van der Waals surface area (Å²) in [5.74, 6) is 3.14. The third-order valence-electron chi connectivity index (χ3n) is 7.94. The lowest BCUT2D eigenvalue weighted by molar-refractivity contribution is -0.884. The lowest BCUT2D eigenvalue weighted by Gasteiger charge is -2.35. The number of benzene rings is 2. The van der Waals surface area contributed by atoms with E-state index in [1.165, 1.54) is 24.6 Å². The highest BCUT2D eigenvalue weighted by Crippen LogP contribution is 2.40. The molecule has 0 bridgehead atoms. The van der Waals surface area contributed by atoms with Gasteiger partial charge in [-0.05, 0) is 72.6 Å². The van der Waals surface area contributed by atoms with Gasteiger partial charge in [0, 0.05) is 29.6 Å². The molecule has 5 rings (SSSR count). The van der Waals surface area contributed by atoms with Crippen molar-refractivity contribution in [2.24, 2.45) is 5.41 Å². The summed E-state index contributed by atoms with van der Waals surface area (Å²) in [7, 11) is 4.52. The molecule has 0 N–H and O–H groups in total. The van der Waals surface area contributed by atoms with E-state index in [2.05, 4.69) is 52.0 Å². The van der Waals surface area contributed by atoms with Crippen LogP contribution in [-0.2, 0) is 35.8 Å². The van der Waals surface area contributed by atoms with E-state index in [1.54, 1.807) is 12.1 Å². The Kier molecular flexibility index (Phi) is 7.57. The van der Waals surface area contributed by atoms with E-state index in [9.17, 15) is 8.42 Å². The van der Waals surface area contributed by atoms with Gasteiger partial charge in [0.1, 0.15) is 35.4 Å². The van der Waals surface area contributed by atoms with Gasteiger partial charge >= 0.3 is 0 Å². The van der Waals surface area contributed by atoms with E-state index in [4.69, 9.17) is 19.4 Å².